The van der Waals surface area contributed by atoms with Crippen LogP contribution >= 0.6 is 0 Å². The maximum Gasteiger partial charge on any atom is 0.243 e. The van der Waals surface area contributed by atoms with Crippen molar-refractivity contribution in [3.05, 3.63) is 42.5 Å². The first-order valence-electron chi connectivity index (χ1n) is 6.46. The molecule has 100 valence electrons. The van der Waals surface area contributed by atoms with Gasteiger partial charge in [0.15, 0.2) is 0 Å². The number of amides is 2. The molecule has 0 bridgehead atoms. The van der Waals surface area contributed by atoms with Gasteiger partial charge in [0, 0.05) is 31.1 Å². The molecular formula is C15H18N2O2. The maximum absolute atomic E-state index is 12.0. The number of nitrogens with one attached hydrogen (secondary N) is 1. The molecule has 4 heteroatoms. The first-order chi connectivity index (χ1) is 9.20. The SMILES string of the molecule is C/C=C\C(=O)NCC1CC(=O)N(c2ccccc2)C1. The van der Waals surface area contributed by atoms with Gasteiger partial charge < -0.3 is 10.2 Å². The summed E-state index contributed by atoms with van der Waals surface area (Å²) in [6.07, 6.45) is 3.68. The molecule has 1 aromatic carbocycles. The zero-order chi connectivity index (χ0) is 13.7. The molecule has 2 amide bonds. The molecule has 0 radical (unpaired) electrons. The van der Waals surface area contributed by atoms with Crippen LogP contribution in [0.15, 0.2) is 42.5 Å². The molecule has 19 heavy (non-hydrogen) atoms. The van der Waals surface area contributed by atoms with Gasteiger partial charge in [-0.1, -0.05) is 24.3 Å². The van der Waals surface area contributed by atoms with Crippen LogP contribution in [0.3, 0.4) is 0 Å². The molecule has 0 aromatic heterocycles. The lowest BCUT2D eigenvalue weighted by atomic mass is 10.1. The minimum atomic E-state index is -0.104. The summed E-state index contributed by atoms with van der Waals surface area (Å²) < 4.78 is 0. The third-order valence-electron chi connectivity index (χ3n) is 3.16. The van der Waals surface area contributed by atoms with Gasteiger partial charge in [0.2, 0.25) is 11.8 Å². The van der Waals surface area contributed by atoms with Crippen LogP contribution in [0, 0.1) is 5.92 Å². The van der Waals surface area contributed by atoms with Gasteiger partial charge in [-0.3, -0.25) is 9.59 Å². The van der Waals surface area contributed by atoms with Crippen LogP contribution in [-0.4, -0.2) is 24.9 Å². The summed E-state index contributed by atoms with van der Waals surface area (Å²) in [5, 5.41) is 2.81. The number of carbonyl (C=O) groups excluding carboxylic acids is 2. The van der Waals surface area contributed by atoms with Crippen molar-refractivity contribution in [2.45, 2.75) is 13.3 Å². The molecule has 1 N–H and O–H groups in total. The highest BCUT2D eigenvalue weighted by molar-refractivity contribution is 5.95. The van der Waals surface area contributed by atoms with Crippen molar-refractivity contribution in [1.82, 2.24) is 5.32 Å². The molecule has 1 fully saturated rings. The van der Waals surface area contributed by atoms with E-state index in [1.54, 1.807) is 17.9 Å². The van der Waals surface area contributed by atoms with E-state index in [4.69, 9.17) is 0 Å². The molecular weight excluding hydrogens is 240 g/mol. The van der Waals surface area contributed by atoms with Crippen molar-refractivity contribution >= 4 is 17.5 Å². The molecule has 0 spiro atoms. The Balaban J connectivity index is 1.91. The lowest BCUT2D eigenvalue weighted by Gasteiger charge is -2.16. The second-order valence-corrected chi connectivity index (χ2v) is 4.66. The second-order valence-electron chi connectivity index (χ2n) is 4.66. The van der Waals surface area contributed by atoms with Crippen LogP contribution in [0.25, 0.3) is 0 Å². The second kappa shape index (κ2) is 6.18. The molecule has 4 nitrogen and oxygen atoms in total. The van der Waals surface area contributed by atoms with Gasteiger partial charge in [0.05, 0.1) is 0 Å². The van der Waals surface area contributed by atoms with Crippen molar-refractivity contribution in [3.63, 3.8) is 0 Å². The highest BCUT2D eigenvalue weighted by Gasteiger charge is 2.30. The summed E-state index contributed by atoms with van der Waals surface area (Å²) in [6, 6.07) is 9.63. The highest BCUT2D eigenvalue weighted by atomic mass is 16.2. The van der Waals surface area contributed by atoms with Gasteiger partial charge in [0.25, 0.3) is 0 Å². The predicted molar refractivity (Wildman–Crippen MR) is 74.7 cm³/mol. The fourth-order valence-electron chi connectivity index (χ4n) is 2.23. The monoisotopic (exact) mass is 258 g/mol. The third kappa shape index (κ3) is 3.44. The minimum Gasteiger partial charge on any atom is -0.352 e. The van der Waals surface area contributed by atoms with Crippen LogP contribution in [0.4, 0.5) is 5.69 Å². The summed E-state index contributed by atoms with van der Waals surface area (Å²) >= 11 is 0. The predicted octanol–water partition coefficient (Wildman–Crippen LogP) is 1.73. The van der Waals surface area contributed by atoms with Crippen LogP contribution < -0.4 is 10.2 Å². The van der Waals surface area contributed by atoms with E-state index in [-0.39, 0.29) is 17.7 Å². The Hall–Kier alpha value is -2.10. The third-order valence-corrected chi connectivity index (χ3v) is 3.16. The van der Waals surface area contributed by atoms with E-state index in [9.17, 15) is 9.59 Å². The van der Waals surface area contributed by atoms with Gasteiger partial charge in [-0.25, -0.2) is 0 Å². The average molecular weight is 258 g/mol. The molecule has 1 unspecified atom stereocenters. The number of benzene rings is 1. The standard InChI is InChI=1S/C15H18N2O2/c1-2-6-14(18)16-10-12-9-15(19)17(11-12)13-7-4-3-5-8-13/h2-8,12H,9-11H2,1H3,(H,16,18)/b6-2-. The highest BCUT2D eigenvalue weighted by Crippen LogP contribution is 2.24. The topological polar surface area (TPSA) is 49.4 Å². The van der Waals surface area contributed by atoms with Crippen LogP contribution in [0.1, 0.15) is 13.3 Å². The molecule has 0 aliphatic carbocycles. The van der Waals surface area contributed by atoms with Crippen molar-refractivity contribution in [3.8, 4) is 0 Å². The van der Waals surface area contributed by atoms with E-state index in [1.807, 2.05) is 30.3 Å². The Labute approximate surface area is 113 Å². The van der Waals surface area contributed by atoms with E-state index in [0.717, 1.165) is 5.69 Å². The summed E-state index contributed by atoms with van der Waals surface area (Å²) in [4.78, 5) is 25.1. The van der Waals surface area contributed by atoms with Gasteiger partial charge >= 0.3 is 0 Å². The largest absolute Gasteiger partial charge is 0.352 e. The molecule has 2 rings (SSSR count). The molecule has 1 aromatic rings. The van der Waals surface area contributed by atoms with E-state index in [2.05, 4.69) is 5.32 Å². The minimum absolute atomic E-state index is 0.104. The summed E-state index contributed by atoms with van der Waals surface area (Å²) in [5.41, 5.74) is 0.926. The summed E-state index contributed by atoms with van der Waals surface area (Å²) in [5.74, 6) is 0.200. The van der Waals surface area contributed by atoms with Gasteiger partial charge in [-0.15, -0.1) is 0 Å². The van der Waals surface area contributed by atoms with E-state index in [0.29, 0.717) is 19.5 Å². The fraction of sp³-hybridized carbons (Fsp3) is 0.333. The number of rotatable bonds is 4. The molecule has 1 heterocycles. The fourth-order valence-corrected chi connectivity index (χ4v) is 2.23. The Bertz CT molecular complexity index is 482. The Morgan fingerprint density at radius 3 is 2.84 bits per heavy atom. The zero-order valence-electron chi connectivity index (χ0n) is 11.0. The first kappa shape index (κ1) is 13.3. The number of nitrogens with zero attached hydrogens (tertiary/aromatic N) is 1. The smallest absolute Gasteiger partial charge is 0.243 e. The zero-order valence-corrected chi connectivity index (χ0v) is 11.0. The van der Waals surface area contributed by atoms with Gasteiger partial charge in [-0.05, 0) is 25.1 Å². The molecule has 0 saturated carbocycles. The summed E-state index contributed by atoms with van der Waals surface area (Å²) in [6.45, 7) is 3.01. The van der Waals surface area contributed by atoms with Crippen LogP contribution in [0.2, 0.25) is 0 Å². The number of carbonyl (C=O) groups is 2. The molecule has 1 saturated heterocycles. The summed E-state index contributed by atoms with van der Waals surface area (Å²) in [7, 11) is 0. The van der Waals surface area contributed by atoms with E-state index < -0.39 is 0 Å². The van der Waals surface area contributed by atoms with Crippen molar-refractivity contribution in [2.24, 2.45) is 5.92 Å². The first-order valence-corrected chi connectivity index (χ1v) is 6.46. The number of hydrogen-bond donors (Lipinski definition) is 1. The van der Waals surface area contributed by atoms with Crippen LogP contribution in [-0.2, 0) is 9.59 Å². The van der Waals surface area contributed by atoms with Crippen LogP contribution in [0.5, 0.6) is 0 Å². The quantitative estimate of drug-likeness (QED) is 0.836. The van der Waals surface area contributed by atoms with Crippen molar-refractivity contribution < 1.29 is 9.59 Å². The van der Waals surface area contributed by atoms with Crippen molar-refractivity contribution in [1.29, 1.82) is 0 Å². The lowest BCUT2D eigenvalue weighted by Crippen LogP contribution is -2.30. The lowest BCUT2D eigenvalue weighted by molar-refractivity contribution is -0.118. The van der Waals surface area contributed by atoms with E-state index >= 15 is 0 Å². The Morgan fingerprint density at radius 1 is 1.42 bits per heavy atom. The normalized spacial score (nSPS) is 19.1. The molecule has 1 atom stereocenters. The number of allylic oxidation sites excluding steroid dienone is 1. The number of hydrogen-bond acceptors (Lipinski definition) is 2. The van der Waals surface area contributed by atoms with Gasteiger partial charge in [-0.2, -0.15) is 0 Å². The Kier molecular flexibility index (Phi) is 4.34. The maximum atomic E-state index is 12.0. The molecule has 1 aliphatic heterocycles. The Morgan fingerprint density at radius 2 is 2.16 bits per heavy atom. The van der Waals surface area contributed by atoms with E-state index in [1.165, 1.54) is 6.08 Å². The number of anilines is 1. The van der Waals surface area contributed by atoms with Crippen molar-refractivity contribution in [2.75, 3.05) is 18.0 Å². The molecule has 1 aliphatic rings. The average Bonchev–Trinajstić information content (AvgIpc) is 2.79. The van der Waals surface area contributed by atoms with Gasteiger partial charge in [0.1, 0.15) is 0 Å². The number of para-hydroxylation sites is 1.